The van der Waals surface area contributed by atoms with E-state index in [-0.39, 0.29) is 12.0 Å². The molecule has 0 aromatic heterocycles. The summed E-state index contributed by atoms with van der Waals surface area (Å²) in [5, 5.41) is 3.32. The van der Waals surface area contributed by atoms with Crippen LogP contribution in [0.15, 0.2) is 0 Å². The minimum absolute atomic E-state index is 0.187. The van der Waals surface area contributed by atoms with Crippen LogP contribution in [0.3, 0.4) is 0 Å². The van der Waals surface area contributed by atoms with Crippen molar-refractivity contribution in [3.05, 3.63) is 0 Å². The number of ether oxygens (including phenoxy) is 1. The number of hydrogen-bond acceptors (Lipinski definition) is 3. The molecule has 98 valence electrons. The molecule has 2 heterocycles. The number of nitrogens with one attached hydrogen (secondary N) is 1. The second kappa shape index (κ2) is 5.36. The molecular weight excluding hydrogens is 216 g/mol. The number of hydrogen-bond donors (Lipinski definition) is 1. The zero-order valence-electron chi connectivity index (χ0n) is 11.1. The first-order valence-electron chi connectivity index (χ1n) is 6.71. The largest absolute Gasteiger partial charge is 0.368 e. The molecule has 4 heteroatoms. The number of rotatable bonds is 2. The van der Waals surface area contributed by atoms with Gasteiger partial charge in [-0.3, -0.25) is 4.79 Å². The fraction of sp³-hybridized carbons (Fsp3) is 0.923. The summed E-state index contributed by atoms with van der Waals surface area (Å²) in [4.78, 5) is 14.3. The van der Waals surface area contributed by atoms with Crippen LogP contribution in [-0.4, -0.2) is 49.7 Å². The van der Waals surface area contributed by atoms with Gasteiger partial charge in [-0.15, -0.1) is 0 Å². The zero-order chi connectivity index (χ0) is 12.4. The monoisotopic (exact) mass is 240 g/mol. The fourth-order valence-electron chi connectivity index (χ4n) is 2.97. The summed E-state index contributed by atoms with van der Waals surface area (Å²) < 4.78 is 5.56. The van der Waals surface area contributed by atoms with Gasteiger partial charge in [-0.1, -0.05) is 13.8 Å². The maximum absolute atomic E-state index is 12.3. The van der Waals surface area contributed by atoms with Gasteiger partial charge >= 0.3 is 0 Å². The van der Waals surface area contributed by atoms with Gasteiger partial charge in [-0.05, 0) is 31.7 Å². The lowest BCUT2D eigenvalue weighted by Crippen LogP contribution is -2.52. The Morgan fingerprint density at radius 3 is 2.59 bits per heavy atom. The van der Waals surface area contributed by atoms with Crippen molar-refractivity contribution in [1.29, 1.82) is 0 Å². The van der Waals surface area contributed by atoms with Gasteiger partial charge in [-0.2, -0.15) is 0 Å². The fourth-order valence-corrected chi connectivity index (χ4v) is 2.97. The number of amides is 1. The molecule has 0 aromatic carbocycles. The highest BCUT2D eigenvalue weighted by atomic mass is 16.5. The lowest BCUT2D eigenvalue weighted by Gasteiger charge is -2.38. The molecule has 2 aliphatic rings. The first-order valence-corrected chi connectivity index (χ1v) is 6.71. The van der Waals surface area contributed by atoms with Crippen LogP contribution < -0.4 is 5.32 Å². The lowest BCUT2D eigenvalue weighted by atomic mass is 9.93. The molecule has 17 heavy (non-hydrogen) atoms. The molecule has 1 amide bonds. The van der Waals surface area contributed by atoms with Crippen LogP contribution in [-0.2, 0) is 9.53 Å². The lowest BCUT2D eigenvalue weighted by molar-refractivity contribution is -0.144. The number of nitrogens with zero attached hydrogens (tertiary/aromatic N) is 1. The minimum atomic E-state index is -0.187. The van der Waals surface area contributed by atoms with E-state index in [0.717, 1.165) is 32.5 Å². The maximum atomic E-state index is 12.3. The second-order valence-electron chi connectivity index (χ2n) is 5.50. The molecule has 2 rings (SSSR count). The first kappa shape index (κ1) is 12.8. The highest BCUT2D eigenvalue weighted by molar-refractivity contribution is 5.81. The van der Waals surface area contributed by atoms with E-state index in [9.17, 15) is 4.79 Å². The Balaban J connectivity index is 1.93. The van der Waals surface area contributed by atoms with E-state index in [1.165, 1.54) is 0 Å². The topological polar surface area (TPSA) is 41.6 Å². The molecule has 4 nitrogen and oxygen atoms in total. The molecule has 4 unspecified atom stereocenters. The summed E-state index contributed by atoms with van der Waals surface area (Å²) in [6, 6.07) is 0.543. The molecule has 0 radical (unpaired) electrons. The molecule has 0 spiro atoms. The summed E-state index contributed by atoms with van der Waals surface area (Å²) in [5.41, 5.74) is 0. The quantitative estimate of drug-likeness (QED) is 0.778. The standard InChI is InChI=1S/C13H24N2O2/c1-9-5-7-17-12(9)13(16)15-6-4-11(14-3)10(2)8-15/h9-12,14H,4-8H2,1-3H3. The molecule has 1 N–H and O–H groups in total. The zero-order valence-corrected chi connectivity index (χ0v) is 11.1. The number of likely N-dealkylation sites (tertiary alicyclic amines) is 1. The van der Waals surface area contributed by atoms with Crippen LogP contribution >= 0.6 is 0 Å². The van der Waals surface area contributed by atoms with Crippen molar-refractivity contribution in [2.75, 3.05) is 26.7 Å². The third-order valence-corrected chi connectivity index (χ3v) is 4.22. The third kappa shape index (κ3) is 2.63. The first-order chi connectivity index (χ1) is 8.13. The Labute approximate surface area is 104 Å². The Kier molecular flexibility index (Phi) is 4.05. The van der Waals surface area contributed by atoms with Crippen LogP contribution in [0.5, 0.6) is 0 Å². The molecular formula is C13H24N2O2. The summed E-state index contributed by atoms with van der Waals surface area (Å²) in [6.07, 6.45) is 1.87. The average Bonchev–Trinajstić information content (AvgIpc) is 2.74. The SMILES string of the molecule is CNC1CCN(C(=O)C2OCCC2C)CC1C. The van der Waals surface area contributed by atoms with E-state index in [1.54, 1.807) is 0 Å². The van der Waals surface area contributed by atoms with Crippen molar-refractivity contribution in [2.24, 2.45) is 11.8 Å². The maximum Gasteiger partial charge on any atom is 0.251 e. The Morgan fingerprint density at radius 1 is 1.29 bits per heavy atom. The number of piperidine rings is 1. The van der Waals surface area contributed by atoms with E-state index in [4.69, 9.17) is 4.74 Å². The molecule has 2 aliphatic heterocycles. The Hall–Kier alpha value is -0.610. The van der Waals surface area contributed by atoms with Gasteiger partial charge in [0.05, 0.1) is 0 Å². The minimum Gasteiger partial charge on any atom is -0.368 e. The summed E-state index contributed by atoms with van der Waals surface area (Å²) in [5.74, 6) is 1.10. The van der Waals surface area contributed by atoms with Gasteiger partial charge in [0.2, 0.25) is 0 Å². The molecule has 0 bridgehead atoms. The normalized spacial score (nSPS) is 38.4. The van der Waals surface area contributed by atoms with Gasteiger partial charge in [0, 0.05) is 25.7 Å². The van der Waals surface area contributed by atoms with E-state index in [1.807, 2.05) is 11.9 Å². The van der Waals surface area contributed by atoms with Crippen molar-refractivity contribution in [3.8, 4) is 0 Å². The van der Waals surface area contributed by atoms with Gasteiger partial charge in [0.1, 0.15) is 6.10 Å². The van der Waals surface area contributed by atoms with E-state index in [0.29, 0.717) is 17.9 Å². The van der Waals surface area contributed by atoms with Crippen LogP contribution in [0.4, 0.5) is 0 Å². The van der Waals surface area contributed by atoms with Crippen molar-refractivity contribution in [3.63, 3.8) is 0 Å². The number of carbonyl (C=O) groups is 1. The van der Waals surface area contributed by atoms with Crippen LogP contribution in [0, 0.1) is 11.8 Å². The molecule has 0 aromatic rings. The highest BCUT2D eigenvalue weighted by Crippen LogP contribution is 2.24. The summed E-state index contributed by atoms with van der Waals surface area (Å²) in [7, 11) is 2.00. The van der Waals surface area contributed by atoms with E-state index in [2.05, 4.69) is 19.2 Å². The van der Waals surface area contributed by atoms with Crippen molar-refractivity contribution in [1.82, 2.24) is 10.2 Å². The van der Waals surface area contributed by atoms with Gasteiger partial charge in [-0.25, -0.2) is 0 Å². The van der Waals surface area contributed by atoms with Gasteiger partial charge in [0.25, 0.3) is 5.91 Å². The molecule has 0 aliphatic carbocycles. The van der Waals surface area contributed by atoms with Gasteiger partial charge in [0.15, 0.2) is 0 Å². The van der Waals surface area contributed by atoms with E-state index >= 15 is 0 Å². The van der Waals surface area contributed by atoms with Crippen molar-refractivity contribution >= 4 is 5.91 Å². The predicted molar refractivity (Wildman–Crippen MR) is 66.7 cm³/mol. The Bertz CT molecular complexity index is 283. The predicted octanol–water partition coefficient (Wildman–Crippen LogP) is 0.868. The molecule has 2 fully saturated rings. The molecule has 0 saturated carbocycles. The summed E-state index contributed by atoms with van der Waals surface area (Å²) >= 11 is 0. The Morgan fingerprint density at radius 2 is 2.06 bits per heavy atom. The summed E-state index contributed by atoms with van der Waals surface area (Å²) in [6.45, 7) is 6.77. The third-order valence-electron chi connectivity index (χ3n) is 4.22. The smallest absolute Gasteiger partial charge is 0.251 e. The molecule has 4 atom stereocenters. The molecule has 2 saturated heterocycles. The van der Waals surface area contributed by atoms with Crippen LogP contribution in [0.2, 0.25) is 0 Å². The highest BCUT2D eigenvalue weighted by Gasteiger charge is 2.36. The second-order valence-corrected chi connectivity index (χ2v) is 5.50. The number of carbonyl (C=O) groups excluding carboxylic acids is 1. The van der Waals surface area contributed by atoms with E-state index < -0.39 is 0 Å². The van der Waals surface area contributed by atoms with Gasteiger partial charge < -0.3 is 15.0 Å². The van der Waals surface area contributed by atoms with Crippen LogP contribution in [0.1, 0.15) is 26.7 Å². The van der Waals surface area contributed by atoms with Crippen LogP contribution in [0.25, 0.3) is 0 Å². The van der Waals surface area contributed by atoms with Crippen molar-refractivity contribution < 1.29 is 9.53 Å². The van der Waals surface area contributed by atoms with Crippen molar-refractivity contribution in [2.45, 2.75) is 38.8 Å². The average molecular weight is 240 g/mol.